The highest BCUT2D eigenvalue weighted by molar-refractivity contribution is 8.27. The van der Waals surface area contributed by atoms with E-state index in [4.69, 9.17) is 10.1 Å². The van der Waals surface area contributed by atoms with Crippen LogP contribution in [0.15, 0.2) is 46.0 Å². The number of benzene rings is 1. The Labute approximate surface area is 186 Å². The predicted octanol–water partition coefficient (Wildman–Crippen LogP) is 4.77. The zero-order valence-corrected chi connectivity index (χ0v) is 19.1. The molecule has 8 heteroatoms. The van der Waals surface area contributed by atoms with E-state index in [1.165, 1.54) is 16.8 Å². The van der Waals surface area contributed by atoms with Gasteiger partial charge in [0.1, 0.15) is 10.8 Å². The van der Waals surface area contributed by atoms with E-state index in [1.54, 1.807) is 6.08 Å². The molecule has 1 amide bonds. The van der Waals surface area contributed by atoms with E-state index in [0.29, 0.717) is 11.8 Å². The molecule has 1 N–H and O–H groups in total. The number of nitrogens with zero attached hydrogens (tertiary/aromatic N) is 4. The van der Waals surface area contributed by atoms with Crippen molar-refractivity contribution in [1.82, 2.24) is 9.58 Å². The van der Waals surface area contributed by atoms with Crippen molar-refractivity contribution >= 4 is 39.8 Å². The average molecular weight is 436 g/mol. The summed E-state index contributed by atoms with van der Waals surface area (Å²) in [6.07, 6.45) is 1.74. The summed E-state index contributed by atoms with van der Waals surface area (Å²) in [5, 5.41) is 15.8. The van der Waals surface area contributed by atoms with Crippen LogP contribution in [0.2, 0.25) is 0 Å². The summed E-state index contributed by atoms with van der Waals surface area (Å²) >= 11 is 1.35. The van der Waals surface area contributed by atoms with E-state index < -0.39 is 5.91 Å². The topological polar surface area (TPSA) is 83.0 Å². The second kappa shape index (κ2) is 8.19. The Kier molecular flexibility index (Phi) is 5.58. The minimum atomic E-state index is -0.408. The number of amides is 1. The minimum Gasteiger partial charge on any atom is -0.494 e. The summed E-state index contributed by atoms with van der Waals surface area (Å²) in [7, 11) is 0. The van der Waals surface area contributed by atoms with Crippen LogP contribution in [0.5, 0.6) is 5.75 Å². The van der Waals surface area contributed by atoms with Gasteiger partial charge in [-0.3, -0.25) is 10.2 Å². The highest BCUT2D eigenvalue weighted by atomic mass is 32.2. The molecule has 0 bridgehead atoms. The molecule has 0 unspecified atom stereocenters. The number of hydrogen-bond donors (Lipinski definition) is 1. The summed E-state index contributed by atoms with van der Waals surface area (Å²) in [5.41, 5.74) is 4.13. The third-order valence-corrected chi connectivity index (χ3v) is 6.35. The number of carbonyl (C=O) groups excluding carboxylic acids is 1. The maximum absolute atomic E-state index is 12.7. The van der Waals surface area contributed by atoms with Crippen LogP contribution in [0.3, 0.4) is 0 Å². The second-order valence-corrected chi connectivity index (χ2v) is 8.69. The van der Waals surface area contributed by atoms with Gasteiger partial charge in [-0.1, -0.05) is 13.8 Å². The molecular weight excluding hydrogens is 410 g/mol. The Morgan fingerprint density at radius 1 is 1.23 bits per heavy atom. The lowest BCUT2D eigenvalue weighted by Crippen LogP contribution is -2.35. The molecule has 160 valence electrons. The Morgan fingerprint density at radius 2 is 1.94 bits per heavy atom. The standard InChI is InChI=1S/C23H25N5O2S/c1-6-30-18-9-7-17(8-10-18)27-14(4)11-16(15(27)5)12-19-20(24)28-23(25-21(19)29)31-22(26-28)13(2)3/h7-13,24H,6H2,1-5H3/b19-12-,24-20?. The Balaban J connectivity index is 1.69. The van der Waals surface area contributed by atoms with Crippen molar-refractivity contribution in [3.8, 4) is 11.4 Å². The zero-order valence-electron chi connectivity index (χ0n) is 18.3. The third kappa shape index (κ3) is 3.83. The number of aliphatic imine (C=N–C) groups is 1. The summed E-state index contributed by atoms with van der Waals surface area (Å²) in [6.45, 7) is 10.7. The molecule has 0 aliphatic carbocycles. The van der Waals surface area contributed by atoms with Crippen molar-refractivity contribution in [3.63, 3.8) is 0 Å². The fourth-order valence-corrected chi connectivity index (χ4v) is 4.48. The van der Waals surface area contributed by atoms with Gasteiger partial charge in [0.15, 0.2) is 5.84 Å². The van der Waals surface area contributed by atoms with E-state index >= 15 is 0 Å². The van der Waals surface area contributed by atoms with Gasteiger partial charge in [0.2, 0.25) is 5.17 Å². The normalized spacial score (nSPS) is 17.4. The lowest BCUT2D eigenvalue weighted by Gasteiger charge is -2.20. The van der Waals surface area contributed by atoms with Crippen molar-refractivity contribution in [3.05, 3.63) is 52.9 Å². The second-order valence-electron chi connectivity index (χ2n) is 7.70. The smallest absolute Gasteiger partial charge is 0.283 e. The quantitative estimate of drug-likeness (QED) is 0.686. The third-order valence-electron chi connectivity index (χ3n) is 5.14. The van der Waals surface area contributed by atoms with Gasteiger partial charge in [0.05, 0.1) is 12.2 Å². The summed E-state index contributed by atoms with van der Waals surface area (Å²) in [5.74, 6) is 0.691. The first-order chi connectivity index (χ1) is 14.8. The molecule has 4 rings (SSSR count). The van der Waals surface area contributed by atoms with Crippen LogP contribution >= 0.6 is 11.8 Å². The minimum absolute atomic E-state index is 0.0593. The number of carbonyl (C=O) groups is 1. The summed E-state index contributed by atoms with van der Waals surface area (Å²) < 4.78 is 7.65. The molecule has 1 aromatic carbocycles. The lowest BCUT2D eigenvalue weighted by atomic mass is 10.1. The maximum atomic E-state index is 12.7. The van der Waals surface area contributed by atoms with E-state index in [1.807, 2.05) is 65.0 Å². The Hall–Kier alpha value is -3.13. The number of amidine groups is 2. The van der Waals surface area contributed by atoms with E-state index in [-0.39, 0.29) is 17.3 Å². The number of hydrazone groups is 1. The molecule has 0 atom stereocenters. The molecule has 0 spiro atoms. The summed E-state index contributed by atoms with van der Waals surface area (Å²) in [6, 6.07) is 9.93. The van der Waals surface area contributed by atoms with Gasteiger partial charge in [0.25, 0.3) is 5.91 Å². The monoisotopic (exact) mass is 435 g/mol. The number of aromatic nitrogens is 1. The molecule has 2 aromatic rings. The molecule has 3 heterocycles. The van der Waals surface area contributed by atoms with Gasteiger partial charge in [0, 0.05) is 23.0 Å². The Bertz CT molecular complexity index is 1160. The molecule has 31 heavy (non-hydrogen) atoms. The fourth-order valence-electron chi connectivity index (χ4n) is 3.58. The van der Waals surface area contributed by atoms with Crippen molar-refractivity contribution in [2.75, 3.05) is 6.61 Å². The SMILES string of the molecule is CCOc1ccc(-n2c(C)cc(/C=C3/C(=N)N4N=C(C(C)C)SC4=NC3=O)c2C)cc1. The first-order valence-electron chi connectivity index (χ1n) is 10.2. The molecule has 0 fully saturated rings. The number of hydrogen-bond acceptors (Lipinski definition) is 5. The van der Waals surface area contributed by atoms with Crippen molar-refractivity contribution < 1.29 is 9.53 Å². The maximum Gasteiger partial charge on any atom is 0.283 e. The van der Waals surface area contributed by atoms with E-state index in [2.05, 4.69) is 14.7 Å². The number of rotatable bonds is 5. The number of thioether (sulfide) groups is 1. The average Bonchev–Trinajstić information content (AvgIpc) is 3.27. The molecule has 0 saturated heterocycles. The number of fused-ring (bicyclic) bond motifs is 1. The van der Waals surface area contributed by atoms with Gasteiger partial charge in [-0.05, 0) is 74.5 Å². The van der Waals surface area contributed by atoms with Crippen LogP contribution in [-0.2, 0) is 4.79 Å². The van der Waals surface area contributed by atoms with Crippen LogP contribution in [0.4, 0.5) is 0 Å². The molecule has 0 radical (unpaired) electrons. The molecule has 2 aliphatic heterocycles. The number of ether oxygens (including phenoxy) is 1. The van der Waals surface area contributed by atoms with Gasteiger partial charge < -0.3 is 9.30 Å². The van der Waals surface area contributed by atoms with Crippen LogP contribution in [0, 0.1) is 25.2 Å². The number of aryl methyl sites for hydroxylation is 1. The van der Waals surface area contributed by atoms with Crippen LogP contribution < -0.4 is 4.74 Å². The first-order valence-corrected chi connectivity index (χ1v) is 11.0. The van der Waals surface area contributed by atoms with Gasteiger partial charge >= 0.3 is 0 Å². The molecular formula is C23H25N5O2S. The Morgan fingerprint density at radius 3 is 2.58 bits per heavy atom. The van der Waals surface area contributed by atoms with Crippen molar-refractivity contribution in [2.45, 2.75) is 34.6 Å². The molecule has 2 aliphatic rings. The molecule has 1 aromatic heterocycles. The number of nitrogens with one attached hydrogen (secondary N) is 1. The van der Waals surface area contributed by atoms with Crippen LogP contribution in [0.25, 0.3) is 11.8 Å². The van der Waals surface area contributed by atoms with Crippen LogP contribution in [-0.4, -0.2) is 38.1 Å². The fraction of sp³-hybridized carbons (Fsp3) is 0.304. The lowest BCUT2D eigenvalue weighted by molar-refractivity contribution is -0.114. The molecule has 0 saturated carbocycles. The highest BCUT2D eigenvalue weighted by Crippen LogP contribution is 2.32. The van der Waals surface area contributed by atoms with Gasteiger partial charge in [-0.25, -0.2) is 0 Å². The molecule has 7 nitrogen and oxygen atoms in total. The zero-order chi connectivity index (χ0) is 22.3. The van der Waals surface area contributed by atoms with E-state index in [9.17, 15) is 4.79 Å². The van der Waals surface area contributed by atoms with Gasteiger partial charge in [-0.15, -0.1) is 0 Å². The van der Waals surface area contributed by atoms with Gasteiger partial charge in [-0.2, -0.15) is 15.1 Å². The van der Waals surface area contributed by atoms with Crippen molar-refractivity contribution in [1.29, 1.82) is 5.41 Å². The van der Waals surface area contributed by atoms with E-state index in [0.717, 1.165) is 33.4 Å². The summed E-state index contributed by atoms with van der Waals surface area (Å²) in [4.78, 5) is 16.9. The highest BCUT2D eigenvalue weighted by Gasteiger charge is 2.36. The van der Waals surface area contributed by atoms with Crippen molar-refractivity contribution in [2.24, 2.45) is 16.0 Å². The largest absolute Gasteiger partial charge is 0.494 e. The first kappa shape index (κ1) is 21.1. The predicted molar refractivity (Wildman–Crippen MR) is 126 cm³/mol. The van der Waals surface area contributed by atoms with Crippen LogP contribution in [0.1, 0.15) is 37.7 Å².